The number of hydrogen-bond donors (Lipinski definition) is 1. The number of nitrogens with one attached hydrogen (secondary N) is 1. The van der Waals surface area contributed by atoms with Crippen LogP contribution in [0.5, 0.6) is 0 Å². The van der Waals surface area contributed by atoms with Gasteiger partial charge < -0.3 is 5.32 Å². The monoisotopic (exact) mass is 274 g/mol. The predicted molar refractivity (Wildman–Crippen MR) is 84.2 cm³/mol. The Morgan fingerprint density at radius 3 is 2.74 bits per heavy atom. The van der Waals surface area contributed by atoms with Gasteiger partial charge in [-0.25, -0.2) is 4.98 Å². The summed E-state index contributed by atoms with van der Waals surface area (Å²) in [6.45, 7) is 4.48. The van der Waals surface area contributed by atoms with Gasteiger partial charge in [0.25, 0.3) is 0 Å². The van der Waals surface area contributed by atoms with E-state index in [2.05, 4.69) is 37.4 Å². The number of nitrogens with zero attached hydrogens (tertiary/aromatic N) is 1. The number of thiazole rings is 1. The summed E-state index contributed by atoms with van der Waals surface area (Å²) in [5, 5.41) is 4.73. The van der Waals surface area contributed by atoms with E-state index in [1.807, 2.05) is 0 Å². The molecule has 0 spiro atoms. The molecule has 3 rings (SSSR count). The average Bonchev–Trinajstić information content (AvgIpc) is 2.80. The van der Waals surface area contributed by atoms with Gasteiger partial charge in [-0.1, -0.05) is 50.5 Å². The van der Waals surface area contributed by atoms with E-state index in [1.54, 1.807) is 11.3 Å². The summed E-state index contributed by atoms with van der Waals surface area (Å²) >= 11 is 1.80. The third kappa shape index (κ3) is 2.92. The van der Waals surface area contributed by atoms with Crippen LogP contribution in [0.1, 0.15) is 57.4 Å². The zero-order valence-electron chi connectivity index (χ0n) is 11.8. The molecule has 0 unspecified atom stereocenters. The fourth-order valence-corrected chi connectivity index (χ4v) is 3.77. The van der Waals surface area contributed by atoms with E-state index in [0.29, 0.717) is 12.0 Å². The van der Waals surface area contributed by atoms with Gasteiger partial charge in [-0.3, -0.25) is 0 Å². The molecule has 3 heteroatoms. The lowest BCUT2D eigenvalue weighted by Crippen LogP contribution is -2.21. The quantitative estimate of drug-likeness (QED) is 0.835. The fourth-order valence-electron chi connectivity index (χ4n) is 2.78. The van der Waals surface area contributed by atoms with Gasteiger partial charge in [-0.05, 0) is 36.5 Å². The van der Waals surface area contributed by atoms with Crippen LogP contribution in [-0.4, -0.2) is 11.0 Å². The zero-order valence-corrected chi connectivity index (χ0v) is 12.6. The Morgan fingerprint density at radius 2 is 2.00 bits per heavy atom. The minimum atomic E-state index is 0.584. The molecule has 0 radical (unpaired) electrons. The fraction of sp³-hybridized carbons (Fsp3) is 0.562. The molecule has 0 atom stereocenters. The largest absolute Gasteiger partial charge is 0.359 e. The van der Waals surface area contributed by atoms with E-state index < -0.39 is 0 Å². The maximum atomic E-state index is 4.71. The lowest BCUT2D eigenvalue weighted by Gasteiger charge is -2.22. The summed E-state index contributed by atoms with van der Waals surface area (Å²) in [7, 11) is 0. The van der Waals surface area contributed by atoms with Gasteiger partial charge in [0.1, 0.15) is 0 Å². The Bertz CT molecular complexity index is 553. The first-order chi connectivity index (χ1) is 9.22. The summed E-state index contributed by atoms with van der Waals surface area (Å²) in [6, 6.07) is 7.30. The van der Waals surface area contributed by atoms with Crippen LogP contribution in [0.15, 0.2) is 18.2 Å². The first kappa shape index (κ1) is 12.9. The molecule has 102 valence electrons. The molecular formula is C16H22N2S. The van der Waals surface area contributed by atoms with Crippen molar-refractivity contribution >= 4 is 26.7 Å². The van der Waals surface area contributed by atoms with Crippen molar-refractivity contribution in [1.29, 1.82) is 0 Å². The van der Waals surface area contributed by atoms with Crippen molar-refractivity contribution in [2.45, 2.75) is 57.9 Å². The van der Waals surface area contributed by atoms with Gasteiger partial charge in [0.2, 0.25) is 0 Å². The molecular weight excluding hydrogens is 252 g/mol. The number of rotatable bonds is 3. The molecule has 1 saturated carbocycles. The topological polar surface area (TPSA) is 24.9 Å². The Morgan fingerprint density at radius 1 is 1.21 bits per heavy atom. The highest BCUT2D eigenvalue weighted by Crippen LogP contribution is 2.30. The number of fused-ring (bicyclic) bond motifs is 1. The lowest BCUT2D eigenvalue weighted by atomic mass is 9.96. The SMILES string of the molecule is CC(C)c1ccc2nc(NC3CCCCC3)sc2c1. The minimum Gasteiger partial charge on any atom is -0.359 e. The van der Waals surface area contributed by atoms with Crippen LogP contribution >= 0.6 is 11.3 Å². The summed E-state index contributed by atoms with van der Waals surface area (Å²) in [5.41, 5.74) is 2.54. The molecule has 0 bridgehead atoms. The molecule has 1 N–H and O–H groups in total. The van der Waals surface area contributed by atoms with Crippen molar-refractivity contribution in [3.63, 3.8) is 0 Å². The van der Waals surface area contributed by atoms with E-state index in [-0.39, 0.29) is 0 Å². The highest BCUT2D eigenvalue weighted by molar-refractivity contribution is 7.22. The summed E-state index contributed by atoms with van der Waals surface area (Å²) in [4.78, 5) is 4.71. The first-order valence-corrected chi connectivity index (χ1v) is 8.21. The van der Waals surface area contributed by atoms with E-state index in [0.717, 1.165) is 10.6 Å². The zero-order chi connectivity index (χ0) is 13.2. The molecule has 2 nitrogen and oxygen atoms in total. The highest BCUT2D eigenvalue weighted by atomic mass is 32.1. The lowest BCUT2D eigenvalue weighted by molar-refractivity contribution is 0.462. The van der Waals surface area contributed by atoms with Gasteiger partial charge >= 0.3 is 0 Å². The van der Waals surface area contributed by atoms with Crippen molar-refractivity contribution < 1.29 is 0 Å². The van der Waals surface area contributed by atoms with Crippen LogP contribution in [0.25, 0.3) is 10.2 Å². The van der Waals surface area contributed by atoms with Gasteiger partial charge in [0.15, 0.2) is 5.13 Å². The van der Waals surface area contributed by atoms with Gasteiger partial charge in [-0.2, -0.15) is 0 Å². The third-order valence-corrected chi connectivity index (χ3v) is 4.96. The molecule has 1 heterocycles. The second-order valence-electron chi connectivity index (χ2n) is 5.88. The smallest absolute Gasteiger partial charge is 0.184 e. The van der Waals surface area contributed by atoms with Crippen molar-refractivity contribution in [2.24, 2.45) is 0 Å². The van der Waals surface area contributed by atoms with Crippen molar-refractivity contribution in [3.05, 3.63) is 23.8 Å². The van der Waals surface area contributed by atoms with Crippen LogP contribution in [0.3, 0.4) is 0 Å². The maximum Gasteiger partial charge on any atom is 0.184 e. The van der Waals surface area contributed by atoms with E-state index in [4.69, 9.17) is 4.98 Å². The average molecular weight is 274 g/mol. The standard InChI is InChI=1S/C16H22N2S/c1-11(2)12-8-9-14-15(10-12)19-16(18-14)17-13-6-4-3-5-7-13/h8-11,13H,3-7H2,1-2H3,(H,17,18). The van der Waals surface area contributed by atoms with E-state index >= 15 is 0 Å². The molecule has 0 amide bonds. The molecule has 19 heavy (non-hydrogen) atoms. The number of hydrogen-bond acceptors (Lipinski definition) is 3. The summed E-state index contributed by atoms with van der Waals surface area (Å²) < 4.78 is 1.31. The van der Waals surface area contributed by atoms with Crippen LogP contribution in [0.4, 0.5) is 5.13 Å². The normalized spacial score (nSPS) is 17.2. The van der Waals surface area contributed by atoms with E-state index in [1.165, 1.54) is 42.4 Å². The van der Waals surface area contributed by atoms with Crippen LogP contribution in [0, 0.1) is 0 Å². The maximum absolute atomic E-state index is 4.71. The Hall–Kier alpha value is -1.09. The molecule has 1 aromatic heterocycles. The number of aromatic nitrogens is 1. The van der Waals surface area contributed by atoms with Crippen molar-refractivity contribution in [1.82, 2.24) is 4.98 Å². The highest BCUT2D eigenvalue weighted by Gasteiger charge is 2.15. The van der Waals surface area contributed by atoms with E-state index in [9.17, 15) is 0 Å². The van der Waals surface area contributed by atoms with Crippen LogP contribution in [-0.2, 0) is 0 Å². The molecule has 1 aliphatic carbocycles. The second kappa shape index (κ2) is 5.49. The third-order valence-electron chi connectivity index (χ3n) is 4.01. The Balaban J connectivity index is 1.80. The minimum absolute atomic E-state index is 0.584. The first-order valence-electron chi connectivity index (χ1n) is 7.39. The predicted octanol–water partition coefficient (Wildman–Crippen LogP) is 5.16. The van der Waals surface area contributed by atoms with Gasteiger partial charge in [0.05, 0.1) is 10.2 Å². The van der Waals surface area contributed by atoms with Crippen LogP contribution < -0.4 is 5.32 Å². The molecule has 2 aromatic rings. The Kier molecular flexibility index (Phi) is 3.74. The summed E-state index contributed by atoms with van der Waals surface area (Å²) in [6.07, 6.45) is 6.72. The number of benzene rings is 1. The molecule has 0 saturated heterocycles. The molecule has 1 aliphatic rings. The van der Waals surface area contributed by atoms with Gasteiger partial charge in [0, 0.05) is 6.04 Å². The van der Waals surface area contributed by atoms with Crippen LogP contribution in [0.2, 0.25) is 0 Å². The summed E-state index contributed by atoms with van der Waals surface area (Å²) in [5.74, 6) is 0.584. The molecule has 1 fully saturated rings. The molecule has 0 aliphatic heterocycles. The van der Waals surface area contributed by atoms with Gasteiger partial charge in [-0.15, -0.1) is 0 Å². The molecule has 1 aromatic carbocycles. The second-order valence-corrected chi connectivity index (χ2v) is 6.91. The number of anilines is 1. The Labute approximate surface area is 119 Å². The van der Waals surface area contributed by atoms with Crippen molar-refractivity contribution in [3.8, 4) is 0 Å². The van der Waals surface area contributed by atoms with Crippen molar-refractivity contribution in [2.75, 3.05) is 5.32 Å².